The fraction of sp³-hybridized carbons (Fsp3) is 0.423. The van der Waals surface area contributed by atoms with Gasteiger partial charge in [-0.2, -0.15) is 0 Å². The lowest BCUT2D eigenvalue weighted by Gasteiger charge is -2.22. The van der Waals surface area contributed by atoms with Crippen molar-refractivity contribution in [1.82, 2.24) is 9.88 Å². The van der Waals surface area contributed by atoms with Crippen LogP contribution in [0, 0.1) is 5.92 Å². The van der Waals surface area contributed by atoms with Crippen molar-refractivity contribution < 1.29 is 4.74 Å². The van der Waals surface area contributed by atoms with Crippen LogP contribution in [0.3, 0.4) is 0 Å². The molecule has 170 valence electrons. The predicted octanol–water partition coefficient (Wildman–Crippen LogP) is 6.51. The van der Waals surface area contributed by atoms with Crippen molar-refractivity contribution in [2.24, 2.45) is 5.92 Å². The minimum absolute atomic E-state index is 0.0961. The molecule has 0 amide bonds. The van der Waals surface area contributed by atoms with Gasteiger partial charge in [0.2, 0.25) is 5.56 Å². The lowest BCUT2D eigenvalue weighted by Crippen LogP contribution is -2.28. The number of fused-ring (bicyclic) bond motifs is 1. The van der Waals surface area contributed by atoms with E-state index in [1.54, 1.807) is 6.07 Å². The zero-order valence-electron chi connectivity index (χ0n) is 18.4. The molecule has 2 unspecified atom stereocenters. The molecule has 6 heteroatoms. The van der Waals surface area contributed by atoms with E-state index in [4.69, 9.17) is 27.9 Å². The molecule has 1 heterocycles. The standard InChI is InChI=1S/C26H30Cl2N2O2/c1-2-12-30(17-19-15-22(19)21-6-5-7-23(27)26(21)28)13-3-4-14-32-20-10-8-18-9-11-25(31)29-24(18)16-20/h5-11,16,19,22H,2-4,12-15,17H2,1H3,(H,29,31). The van der Waals surface area contributed by atoms with Gasteiger partial charge in [-0.15, -0.1) is 0 Å². The van der Waals surface area contributed by atoms with E-state index in [1.807, 2.05) is 36.4 Å². The summed E-state index contributed by atoms with van der Waals surface area (Å²) in [5.74, 6) is 1.99. The SMILES string of the molecule is CCCN(CCCCOc1ccc2ccc(=O)[nH]c2c1)CC1CC1c1cccc(Cl)c1Cl. The lowest BCUT2D eigenvalue weighted by molar-refractivity contribution is 0.241. The molecule has 32 heavy (non-hydrogen) atoms. The molecule has 0 bridgehead atoms. The molecule has 4 rings (SSSR count). The Labute approximate surface area is 199 Å². The number of ether oxygens (including phenoxy) is 1. The zero-order chi connectivity index (χ0) is 22.5. The van der Waals surface area contributed by atoms with Crippen LogP contribution in [-0.2, 0) is 0 Å². The lowest BCUT2D eigenvalue weighted by atomic mass is 10.1. The van der Waals surface area contributed by atoms with Crippen molar-refractivity contribution in [2.45, 2.75) is 38.5 Å². The van der Waals surface area contributed by atoms with E-state index in [9.17, 15) is 4.79 Å². The Hall–Kier alpha value is -2.01. The van der Waals surface area contributed by atoms with Crippen molar-refractivity contribution in [3.63, 3.8) is 0 Å². The summed E-state index contributed by atoms with van der Waals surface area (Å²) in [6.45, 7) is 6.21. The third kappa shape index (κ3) is 5.86. The van der Waals surface area contributed by atoms with Crippen LogP contribution in [-0.4, -0.2) is 36.1 Å². The van der Waals surface area contributed by atoms with E-state index in [2.05, 4.69) is 22.9 Å². The number of nitrogens with one attached hydrogen (secondary N) is 1. The maximum absolute atomic E-state index is 11.5. The zero-order valence-corrected chi connectivity index (χ0v) is 20.0. The monoisotopic (exact) mass is 472 g/mol. The van der Waals surface area contributed by atoms with Crippen molar-refractivity contribution >= 4 is 34.1 Å². The van der Waals surface area contributed by atoms with Gasteiger partial charge in [-0.25, -0.2) is 0 Å². The van der Waals surface area contributed by atoms with Crippen molar-refractivity contribution in [1.29, 1.82) is 0 Å². The summed E-state index contributed by atoms with van der Waals surface area (Å²) in [7, 11) is 0. The van der Waals surface area contributed by atoms with Crippen LogP contribution in [0.25, 0.3) is 10.9 Å². The van der Waals surface area contributed by atoms with E-state index in [1.165, 1.54) is 12.0 Å². The molecular weight excluding hydrogens is 443 g/mol. The Bertz CT molecular complexity index is 1110. The van der Waals surface area contributed by atoms with E-state index in [0.717, 1.165) is 60.6 Å². The number of rotatable bonds is 11. The molecular formula is C26H30Cl2N2O2. The number of nitrogens with zero attached hydrogens (tertiary/aromatic N) is 1. The number of hydrogen-bond donors (Lipinski definition) is 1. The summed E-state index contributed by atoms with van der Waals surface area (Å²) in [4.78, 5) is 16.9. The normalized spacial score (nSPS) is 17.8. The average Bonchev–Trinajstić information content (AvgIpc) is 3.54. The summed E-state index contributed by atoms with van der Waals surface area (Å²) in [5.41, 5.74) is 1.91. The average molecular weight is 473 g/mol. The number of hydrogen-bond acceptors (Lipinski definition) is 3. The minimum atomic E-state index is -0.0961. The first-order chi connectivity index (χ1) is 15.5. The van der Waals surface area contributed by atoms with Gasteiger partial charge in [0.15, 0.2) is 0 Å². The number of aromatic amines is 1. The van der Waals surface area contributed by atoms with Gasteiger partial charge in [0.1, 0.15) is 5.75 Å². The van der Waals surface area contributed by atoms with Crippen LogP contribution in [0.4, 0.5) is 0 Å². The highest BCUT2D eigenvalue weighted by Gasteiger charge is 2.40. The largest absolute Gasteiger partial charge is 0.494 e. The second kappa shape index (κ2) is 10.7. The van der Waals surface area contributed by atoms with Gasteiger partial charge in [-0.05, 0) is 85.8 Å². The fourth-order valence-electron chi connectivity index (χ4n) is 4.43. The van der Waals surface area contributed by atoms with Gasteiger partial charge in [0.05, 0.1) is 22.2 Å². The highest BCUT2D eigenvalue weighted by molar-refractivity contribution is 6.42. The molecule has 0 saturated heterocycles. The number of H-pyrrole nitrogens is 1. The quantitative estimate of drug-likeness (QED) is 0.323. The van der Waals surface area contributed by atoms with Gasteiger partial charge >= 0.3 is 0 Å². The van der Waals surface area contributed by atoms with Crippen molar-refractivity contribution in [3.05, 3.63) is 74.5 Å². The number of unbranched alkanes of at least 4 members (excludes halogenated alkanes) is 1. The van der Waals surface area contributed by atoms with Crippen molar-refractivity contribution in [3.8, 4) is 5.75 Å². The second-order valence-electron chi connectivity index (χ2n) is 8.67. The Balaban J connectivity index is 1.22. The number of halogens is 2. The topological polar surface area (TPSA) is 45.3 Å². The Morgan fingerprint density at radius 3 is 2.78 bits per heavy atom. The summed E-state index contributed by atoms with van der Waals surface area (Å²) in [6, 6.07) is 15.2. The Morgan fingerprint density at radius 1 is 1.09 bits per heavy atom. The molecule has 0 aliphatic heterocycles. The maximum Gasteiger partial charge on any atom is 0.248 e. The Morgan fingerprint density at radius 2 is 1.94 bits per heavy atom. The molecule has 1 aliphatic carbocycles. The van der Waals surface area contributed by atoms with Gasteiger partial charge in [0, 0.05) is 18.7 Å². The Kier molecular flexibility index (Phi) is 7.77. The van der Waals surface area contributed by atoms with Crippen LogP contribution in [0.1, 0.15) is 44.1 Å². The third-order valence-electron chi connectivity index (χ3n) is 6.17. The summed E-state index contributed by atoms with van der Waals surface area (Å²) in [5, 5.41) is 2.38. The second-order valence-corrected chi connectivity index (χ2v) is 9.46. The number of aromatic nitrogens is 1. The molecule has 1 aliphatic rings. The van der Waals surface area contributed by atoms with Crippen LogP contribution >= 0.6 is 23.2 Å². The first-order valence-electron chi connectivity index (χ1n) is 11.5. The molecule has 1 saturated carbocycles. The first kappa shape index (κ1) is 23.2. The fourth-order valence-corrected chi connectivity index (χ4v) is 4.87. The summed E-state index contributed by atoms with van der Waals surface area (Å²) in [6.07, 6.45) is 4.44. The first-order valence-corrected chi connectivity index (χ1v) is 12.2. The third-order valence-corrected chi connectivity index (χ3v) is 7.00. The molecule has 1 aromatic heterocycles. The van der Waals surface area contributed by atoms with E-state index >= 15 is 0 Å². The van der Waals surface area contributed by atoms with Crippen LogP contribution in [0.5, 0.6) is 5.75 Å². The van der Waals surface area contributed by atoms with Crippen LogP contribution in [0.2, 0.25) is 10.0 Å². The molecule has 0 radical (unpaired) electrons. The van der Waals surface area contributed by atoms with Crippen molar-refractivity contribution in [2.75, 3.05) is 26.2 Å². The molecule has 0 spiro atoms. The summed E-state index contributed by atoms with van der Waals surface area (Å²) >= 11 is 12.6. The van der Waals surface area contributed by atoms with E-state index < -0.39 is 0 Å². The number of benzene rings is 2. The molecule has 1 fully saturated rings. The predicted molar refractivity (Wildman–Crippen MR) is 133 cm³/mol. The number of pyridine rings is 1. The van der Waals surface area contributed by atoms with Crippen LogP contribution in [0.15, 0.2) is 53.3 Å². The highest BCUT2D eigenvalue weighted by Crippen LogP contribution is 2.50. The molecule has 1 N–H and O–H groups in total. The molecule has 4 nitrogen and oxygen atoms in total. The highest BCUT2D eigenvalue weighted by atomic mass is 35.5. The van der Waals surface area contributed by atoms with E-state index in [0.29, 0.717) is 23.5 Å². The molecule has 2 atom stereocenters. The molecule has 2 aromatic carbocycles. The smallest absolute Gasteiger partial charge is 0.248 e. The van der Waals surface area contributed by atoms with Gasteiger partial charge in [0.25, 0.3) is 0 Å². The summed E-state index contributed by atoms with van der Waals surface area (Å²) < 4.78 is 5.92. The minimum Gasteiger partial charge on any atom is -0.494 e. The van der Waals surface area contributed by atoms with Gasteiger partial charge in [-0.1, -0.05) is 42.3 Å². The van der Waals surface area contributed by atoms with E-state index in [-0.39, 0.29) is 5.56 Å². The molecule has 3 aromatic rings. The van der Waals surface area contributed by atoms with Gasteiger partial charge < -0.3 is 14.6 Å². The van der Waals surface area contributed by atoms with Gasteiger partial charge in [-0.3, -0.25) is 4.79 Å². The maximum atomic E-state index is 11.5. The van der Waals surface area contributed by atoms with Crippen LogP contribution < -0.4 is 10.3 Å².